The molecular weight excluding hydrogens is 883 g/mol. The molecule has 366 valence electrons. The molecule has 4 amide bonds. The fourth-order valence-electron chi connectivity index (χ4n) is 7.17. The SMILES string of the molecule is CC(C)(C)[C@H](c1cc(-c2cc(F)ccc2F)cn1Cc1ccccc1)N(CC[C@H](N)C(=O)NCCC(=O)NCCCC[C@H](NC(=O)OCC[Si](C)(C)C)C(=O)OCC[Si](C)(C)C)C(=O)CO. The zero-order valence-corrected chi connectivity index (χ0v) is 42.4. The summed E-state index contributed by atoms with van der Waals surface area (Å²) in [6.07, 6.45) is 2.37. The molecule has 2 aromatic carbocycles. The molecule has 0 saturated carbocycles. The van der Waals surface area contributed by atoms with E-state index >= 15 is 4.39 Å². The number of alkyl carbamates (subject to hydrolysis) is 1. The first-order valence-corrected chi connectivity index (χ1v) is 30.3. The van der Waals surface area contributed by atoms with Gasteiger partial charge in [0.25, 0.3) is 0 Å². The molecule has 0 bridgehead atoms. The second kappa shape index (κ2) is 25.8. The molecule has 6 N–H and O–H groups in total. The van der Waals surface area contributed by atoms with Crippen LogP contribution in [0.4, 0.5) is 13.6 Å². The predicted octanol–water partition coefficient (Wildman–Crippen LogP) is 7.21. The van der Waals surface area contributed by atoms with Crippen LogP contribution in [0.2, 0.25) is 51.4 Å². The third-order valence-corrected chi connectivity index (χ3v) is 14.3. The fourth-order valence-corrected chi connectivity index (χ4v) is 8.60. The summed E-state index contributed by atoms with van der Waals surface area (Å²) in [5.74, 6) is -3.17. The number of nitrogens with two attached hydrogens (primary N) is 1. The number of halogens is 2. The number of nitrogens with zero attached hydrogens (tertiary/aromatic N) is 2. The van der Waals surface area contributed by atoms with E-state index in [1.54, 1.807) is 12.3 Å². The average Bonchev–Trinajstić information content (AvgIpc) is 3.62. The molecule has 0 aliphatic heterocycles. The minimum Gasteiger partial charge on any atom is -0.464 e. The summed E-state index contributed by atoms with van der Waals surface area (Å²) in [5.41, 5.74) is 7.67. The van der Waals surface area contributed by atoms with Crippen LogP contribution in [0.25, 0.3) is 11.1 Å². The molecule has 3 rings (SSSR count). The molecule has 14 nitrogen and oxygen atoms in total. The predicted molar refractivity (Wildman–Crippen MR) is 259 cm³/mol. The summed E-state index contributed by atoms with van der Waals surface area (Å²) in [6, 6.07) is 13.4. The highest BCUT2D eigenvalue weighted by Gasteiger charge is 2.37. The van der Waals surface area contributed by atoms with Gasteiger partial charge >= 0.3 is 12.1 Å². The number of aliphatic hydroxyl groups excluding tert-OH is 1. The number of rotatable bonds is 26. The van der Waals surface area contributed by atoms with Gasteiger partial charge in [0.05, 0.1) is 25.3 Å². The van der Waals surface area contributed by atoms with E-state index in [4.69, 9.17) is 15.2 Å². The van der Waals surface area contributed by atoms with Crippen LogP contribution < -0.4 is 21.7 Å². The molecule has 0 unspecified atom stereocenters. The van der Waals surface area contributed by atoms with Crippen LogP contribution in [-0.4, -0.2) is 112 Å². The molecule has 3 aromatic rings. The zero-order valence-electron chi connectivity index (χ0n) is 40.4. The maximum atomic E-state index is 15.1. The van der Waals surface area contributed by atoms with Crippen LogP contribution in [0.1, 0.15) is 70.2 Å². The van der Waals surface area contributed by atoms with Gasteiger partial charge in [-0.05, 0) is 73.0 Å². The van der Waals surface area contributed by atoms with Crippen molar-refractivity contribution in [2.45, 2.75) is 129 Å². The van der Waals surface area contributed by atoms with Gasteiger partial charge in [-0.25, -0.2) is 18.4 Å². The lowest BCUT2D eigenvalue weighted by Gasteiger charge is -2.41. The van der Waals surface area contributed by atoms with Gasteiger partial charge in [-0.3, -0.25) is 14.4 Å². The second-order valence-corrected chi connectivity index (χ2v) is 31.6. The molecule has 0 spiro atoms. The molecule has 0 aliphatic rings. The Balaban J connectivity index is 1.58. The van der Waals surface area contributed by atoms with Crippen molar-refractivity contribution in [2.75, 3.05) is 39.5 Å². The molecule has 0 radical (unpaired) electrons. The summed E-state index contributed by atoms with van der Waals surface area (Å²) >= 11 is 0. The molecule has 1 aromatic heterocycles. The molecule has 3 atom stereocenters. The minimum atomic E-state index is -1.44. The van der Waals surface area contributed by atoms with E-state index in [1.807, 2.05) is 55.7 Å². The summed E-state index contributed by atoms with van der Waals surface area (Å²) < 4.78 is 42.2. The largest absolute Gasteiger partial charge is 0.464 e. The van der Waals surface area contributed by atoms with E-state index in [0.717, 1.165) is 35.9 Å². The Hall–Kier alpha value is -4.92. The highest BCUT2D eigenvalue weighted by molar-refractivity contribution is 6.76. The first kappa shape index (κ1) is 55.4. The third-order valence-electron chi connectivity index (χ3n) is 10.9. The van der Waals surface area contributed by atoms with E-state index in [0.29, 0.717) is 43.6 Å². The zero-order chi connectivity index (χ0) is 49.2. The third kappa shape index (κ3) is 19.5. The monoisotopic (exact) mass is 957 g/mol. The van der Waals surface area contributed by atoms with Crippen molar-refractivity contribution in [3.63, 3.8) is 0 Å². The number of aromatic nitrogens is 1. The van der Waals surface area contributed by atoms with Crippen molar-refractivity contribution in [1.82, 2.24) is 25.4 Å². The molecule has 1 heterocycles. The summed E-state index contributed by atoms with van der Waals surface area (Å²) in [7, 11) is -2.86. The number of amides is 4. The Morgan fingerprint density at radius 2 is 1.50 bits per heavy atom. The topological polar surface area (TPSA) is 194 Å². The molecule has 0 saturated heterocycles. The molecular formula is C48H74F2N6O8Si2. The van der Waals surface area contributed by atoms with Crippen LogP contribution in [0.5, 0.6) is 0 Å². The minimum absolute atomic E-state index is 0.00373. The van der Waals surface area contributed by atoms with Crippen LogP contribution in [-0.2, 0) is 35.2 Å². The van der Waals surface area contributed by atoms with Crippen molar-refractivity contribution >= 4 is 45.9 Å². The highest BCUT2D eigenvalue weighted by Crippen LogP contribution is 2.41. The van der Waals surface area contributed by atoms with Gasteiger partial charge in [0.1, 0.15) is 24.3 Å². The maximum Gasteiger partial charge on any atom is 0.407 e. The number of unbranched alkanes of at least 4 members (excludes halogenated alkanes) is 1. The molecule has 18 heteroatoms. The van der Waals surface area contributed by atoms with Crippen LogP contribution in [0.15, 0.2) is 60.8 Å². The number of aliphatic hydroxyl groups is 1. The summed E-state index contributed by atoms with van der Waals surface area (Å²) in [6.45, 7) is 19.2. The lowest BCUT2D eigenvalue weighted by molar-refractivity contribution is -0.145. The normalized spacial score (nSPS) is 13.3. The Morgan fingerprint density at radius 3 is 2.12 bits per heavy atom. The van der Waals surface area contributed by atoms with Gasteiger partial charge in [0.15, 0.2) is 0 Å². The number of hydrogen-bond acceptors (Lipinski definition) is 9. The fraction of sp³-hybridized carbons (Fsp3) is 0.562. The van der Waals surface area contributed by atoms with Gasteiger partial charge in [0.2, 0.25) is 17.7 Å². The Kier molecular flexibility index (Phi) is 21.7. The Morgan fingerprint density at radius 1 is 0.848 bits per heavy atom. The van der Waals surface area contributed by atoms with Crippen molar-refractivity contribution in [2.24, 2.45) is 11.1 Å². The van der Waals surface area contributed by atoms with E-state index in [2.05, 4.69) is 55.2 Å². The molecule has 0 fully saturated rings. The van der Waals surface area contributed by atoms with Crippen molar-refractivity contribution < 1.29 is 47.3 Å². The first-order valence-electron chi connectivity index (χ1n) is 22.9. The lowest BCUT2D eigenvalue weighted by Crippen LogP contribution is -2.47. The van der Waals surface area contributed by atoms with E-state index in [9.17, 15) is 33.5 Å². The van der Waals surface area contributed by atoms with Crippen molar-refractivity contribution in [1.29, 1.82) is 0 Å². The van der Waals surface area contributed by atoms with Gasteiger partial charge in [-0.1, -0.05) is 90.4 Å². The first-order chi connectivity index (χ1) is 30.9. The number of ether oxygens (including phenoxy) is 2. The van der Waals surface area contributed by atoms with Gasteiger partial charge in [-0.15, -0.1) is 0 Å². The number of hydrogen-bond donors (Lipinski definition) is 5. The second-order valence-electron chi connectivity index (χ2n) is 20.3. The lowest BCUT2D eigenvalue weighted by atomic mass is 9.82. The Bertz CT molecular complexity index is 2050. The number of carbonyl (C=O) groups excluding carboxylic acids is 5. The van der Waals surface area contributed by atoms with Crippen LogP contribution in [0, 0.1) is 17.0 Å². The van der Waals surface area contributed by atoms with Crippen LogP contribution >= 0.6 is 0 Å². The molecule has 0 aliphatic carbocycles. The smallest absolute Gasteiger partial charge is 0.407 e. The van der Waals surface area contributed by atoms with Crippen LogP contribution in [0.3, 0.4) is 0 Å². The number of esters is 1. The summed E-state index contributed by atoms with van der Waals surface area (Å²) in [4.78, 5) is 66.3. The number of carbonyl (C=O) groups is 5. The number of nitrogens with one attached hydrogen (secondary N) is 3. The van der Waals surface area contributed by atoms with E-state index in [-0.39, 0.29) is 50.6 Å². The van der Waals surface area contributed by atoms with Gasteiger partial charge in [0, 0.05) is 71.8 Å². The standard InChI is InChI=1S/C48H74F2N6O8Si2/c1-48(2,3)44(41-29-35(37-30-36(49)18-19-38(37)50)32-55(41)31-34-15-11-10-12-16-34)56(43(59)33-57)24-21-39(51)45(60)53-23-20-42(58)52-22-14-13-17-40(46(61)63-25-27-65(4,5)6)54-47(62)64-26-28-66(7,8)9/h10-12,15-16,18-19,29-30,32,39-40,44,57H,13-14,17,20-28,31,33,51H2,1-9H3,(H,52,58)(H,53,60)(H,54,62)/t39-,40-,44-/m0/s1. The van der Waals surface area contributed by atoms with Gasteiger partial charge in [-0.2, -0.15) is 0 Å². The molecule has 66 heavy (non-hydrogen) atoms. The number of benzene rings is 2. The van der Waals surface area contributed by atoms with Crippen molar-refractivity contribution in [3.05, 3.63) is 83.7 Å². The quantitative estimate of drug-likeness (QED) is 0.0314. The van der Waals surface area contributed by atoms with Gasteiger partial charge < -0.3 is 45.7 Å². The van der Waals surface area contributed by atoms with E-state index in [1.165, 1.54) is 4.90 Å². The average molecular weight is 957 g/mol. The maximum absolute atomic E-state index is 15.1. The van der Waals surface area contributed by atoms with Crippen molar-refractivity contribution in [3.8, 4) is 11.1 Å². The highest BCUT2D eigenvalue weighted by atomic mass is 28.3. The summed E-state index contributed by atoms with van der Waals surface area (Å²) in [5, 5.41) is 18.3. The van der Waals surface area contributed by atoms with E-state index < -0.39 is 81.8 Å². The Labute approximate surface area is 391 Å².